The van der Waals surface area contributed by atoms with Crippen LogP contribution in [0.3, 0.4) is 0 Å². The van der Waals surface area contributed by atoms with Crippen molar-refractivity contribution in [2.75, 3.05) is 0 Å². The van der Waals surface area contributed by atoms with Gasteiger partial charge in [-0.1, -0.05) is 6.07 Å². The van der Waals surface area contributed by atoms with Crippen molar-refractivity contribution in [2.45, 2.75) is 6.92 Å². The highest BCUT2D eigenvalue weighted by Gasteiger charge is 2.05. The number of carboxylic acids is 1. The summed E-state index contributed by atoms with van der Waals surface area (Å²) in [6.45, 7) is 1.16. The average molecular weight is 224 g/mol. The Labute approximate surface area is 91.0 Å². The second-order valence-electron chi connectivity index (χ2n) is 2.96. The first-order valence-corrected chi connectivity index (χ1v) is 4.38. The van der Waals surface area contributed by atoms with Crippen LogP contribution in [0.25, 0.3) is 6.08 Å². The molecule has 0 spiro atoms. The van der Waals surface area contributed by atoms with Crippen LogP contribution in [0.2, 0.25) is 0 Å². The van der Waals surface area contributed by atoms with Crippen molar-refractivity contribution in [1.82, 2.24) is 0 Å². The molecular formula is C11H9FO4. The van der Waals surface area contributed by atoms with Gasteiger partial charge in [0.1, 0.15) is 0 Å². The molecule has 0 radical (unpaired) electrons. The number of carbonyl (C=O) groups is 2. The summed E-state index contributed by atoms with van der Waals surface area (Å²) in [6.07, 6.45) is 2.13. The van der Waals surface area contributed by atoms with E-state index < -0.39 is 17.8 Å². The molecule has 0 heterocycles. The first kappa shape index (κ1) is 11.9. The minimum absolute atomic E-state index is 0.181. The molecule has 4 nitrogen and oxygen atoms in total. The zero-order chi connectivity index (χ0) is 12.1. The number of carbonyl (C=O) groups excluding carboxylic acids is 1. The Bertz CT molecular complexity index is 451. The SMILES string of the molecule is CC(=O)Oc1ccc(C=CC(=O)O)cc1F. The van der Waals surface area contributed by atoms with Crippen molar-refractivity contribution < 1.29 is 23.8 Å². The second kappa shape index (κ2) is 5.06. The van der Waals surface area contributed by atoms with Gasteiger partial charge in [0.15, 0.2) is 11.6 Å². The predicted octanol–water partition coefficient (Wildman–Crippen LogP) is 1.85. The third-order valence-electron chi connectivity index (χ3n) is 1.63. The van der Waals surface area contributed by atoms with Crippen LogP contribution in [-0.4, -0.2) is 17.0 Å². The van der Waals surface area contributed by atoms with Gasteiger partial charge in [-0.05, 0) is 23.8 Å². The van der Waals surface area contributed by atoms with Crippen LogP contribution in [-0.2, 0) is 9.59 Å². The minimum atomic E-state index is -1.12. The van der Waals surface area contributed by atoms with Gasteiger partial charge in [0.2, 0.25) is 0 Å². The van der Waals surface area contributed by atoms with E-state index in [0.29, 0.717) is 5.56 Å². The van der Waals surface area contributed by atoms with E-state index in [1.54, 1.807) is 0 Å². The van der Waals surface area contributed by atoms with Crippen LogP contribution in [0.5, 0.6) is 5.75 Å². The lowest BCUT2D eigenvalue weighted by Crippen LogP contribution is -2.03. The smallest absolute Gasteiger partial charge is 0.328 e. The Morgan fingerprint density at radius 3 is 2.62 bits per heavy atom. The van der Waals surface area contributed by atoms with Crippen molar-refractivity contribution in [1.29, 1.82) is 0 Å². The third kappa shape index (κ3) is 3.53. The van der Waals surface area contributed by atoms with Gasteiger partial charge in [-0.2, -0.15) is 0 Å². The molecule has 16 heavy (non-hydrogen) atoms. The quantitative estimate of drug-likeness (QED) is 0.483. The molecular weight excluding hydrogens is 215 g/mol. The third-order valence-corrected chi connectivity index (χ3v) is 1.63. The summed E-state index contributed by atoms with van der Waals surface area (Å²) >= 11 is 0. The highest BCUT2D eigenvalue weighted by atomic mass is 19.1. The fourth-order valence-electron chi connectivity index (χ4n) is 1.03. The van der Waals surface area contributed by atoms with Gasteiger partial charge in [-0.3, -0.25) is 4.79 Å². The van der Waals surface area contributed by atoms with Crippen LogP contribution in [0, 0.1) is 5.82 Å². The van der Waals surface area contributed by atoms with Gasteiger partial charge in [-0.15, -0.1) is 0 Å². The summed E-state index contributed by atoms with van der Waals surface area (Å²) in [6, 6.07) is 3.79. The number of rotatable bonds is 3. The summed E-state index contributed by atoms with van der Waals surface area (Å²) in [5.41, 5.74) is 0.371. The molecule has 5 heteroatoms. The first-order valence-electron chi connectivity index (χ1n) is 4.38. The minimum Gasteiger partial charge on any atom is -0.478 e. The summed E-state index contributed by atoms with van der Waals surface area (Å²) in [5.74, 6) is -2.64. The molecule has 0 saturated heterocycles. The van der Waals surface area contributed by atoms with E-state index in [0.717, 1.165) is 19.1 Å². The van der Waals surface area contributed by atoms with E-state index in [9.17, 15) is 14.0 Å². The molecule has 0 atom stereocenters. The molecule has 1 rings (SSSR count). The number of halogens is 1. The van der Waals surface area contributed by atoms with E-state index in [2.05, 4.69) is 4.74 Å². The number of aliphatic carboxylic acids is 1. The normalized spacial score (nSPS) is 10.4. The van der Waals surface area contributed by atoms with E-state index in [1.165, 1.54) is 18.2 Å². The average Bonchev–Trinajstić information content (AvgIpc) is 2.18. The van der Waals surface area contributed by atoms with E-state index in [4.69, 9.17) is 5.11 Å². The Morgan fingerprint density at radius 2 is 2.12 bits per heavy atom. The molecule has 1 N–H and O–H groups in total. The lowest BCUT2D eigenvalue weighted by molar-refractivity contribution is -0.132. The summed E-state index contributed by atoms with van der Waals surface area (Å²) in [7, 11) is 0. The lowest BCUT2D eigenvalue weighted by atomic mass is 10.2. The van der Waals surface area contributed by atoms with Crippen LogP contribution in [0.4, 0.5) is 4.39 Å². The van der Waals surface area contributed by atoms with Crippen molar-refractivity contribution >= 4 is 18.0 Å². The largest absolute Gasteiger partial charge is 0.478 e. The van der Waals surface area contributed by atoms with Crippen molar-refractivity contribution in [3.05, 3.63) is 35.7 Å². The van der Waals surface area contributed by atoms with Gasteiger partial charge in [-0.25, -0.2) is 9.18 Å². The molecule has 0 amide bonds. The Balaban J connectivity index is 2.90. The Kier molecular flexibility index (Phi) is 3.77. The van der Waals surface area contributed by atoms with E-state index in [-0.39, 0.29) is 5.75 Å². The molecule has 0 unspecified atom stereocenters. The van der Waals surface area contributed by atoms with E-state index in [1.807, 2.05) is 0 Å². The summed E-state index contributed by atoms with van der Waals surface area (Å²) in [5, 5.41) is 8.37. The van der Waals surface area contributed by atoms with Crippen molar-refractivity contribution in [3.8, 4) is 5.75 Å². The topological polar surface area (TPSA) is 63.6 Å². The number of carboxylic acid groups (broad SMARTS) is 1. The molecule has 0 aliphatic rings. The van der Waals surface area contributed by atoms with Gasteiger partial charge >= 0.3 is 11.9 Å². The molecule has 0 saturated carbocycles. The van der Waals surface area contributed by atoms with Crippen molar-refractivity contribution in [3.63, 3.8) is 0 Å². The van der Waals surface area contributed by atoms with Gasteiger partial charge < -0.3 is 9.84 Å². The van der Waals surface area contributed by atoms with Crippen LogP contribution < -0.4 is 4.74 Å². The Hall–Kier alpha value is -2.17. The molecule has 84 valence electrons. The fraction of sp³-hybridized carbons (Fsp3) is 0.0909. The highest BCUT2D eigenvalue weighted by Crippen LogP contribution is 2.19. The molecule has 1 aromatic carbocycles. The highest BCUT2D eigenvalue weighted by molar-refractivity contribution is 5.85. The fourth-order valence-corrected chi connectivity index (χ4v) is 1.03. The maximum atomic E-state index is 13.3. The van der Waals surface area contributed by atoms with Gasteiger partial charge in [0, 0.05) is 13.0 Å². The summed E-state index contributed by atoms with van der Waals surface area (Å²) < 4.78 is 17.8. The van der Waals surface area contributed by atoms with Gasteiger partial charge in [0.05, 0.1) is 0 Å². The number of ether oxygens (including phenoxy) is 1. The van der Waals surface area contributed by atoms with Crippen molar-refractivity contribution in [2.24, 2.45) is 0 Å². The zero-order valence-electron chi connectivity index (χ0n) is 8.44. The predicted molar refractivity (Wildman–Crippen MR) is 54.4 cm³/mol. The van der Waals surface area contributed by atoms with Gasteiger partial charge in [0.25, 0.3) is 0 Å². The zero-order valence-corrected chi connectivity index (χ0v) is 8.44. The number of benzene rings is 1. The Morgan fingerprint density at radius 1 is 1.44 bits per heavy atom. The second-order valence-corrected chi connectivity index (χ2v) is 2.96. The first-order chi connectivity index (χ1) is 7.49. The van der Waals surface area contributed by atoms with Crippen LogP contribution in [0.1, 0.15) is 12.5 Å². The standard InChI is InChI=1S/C11H9FO4/c1-7(13)16-10-4-2-8(6-9(10)12)3-5-11(14)15/h2-6H,1H3,(H,14,15). The number of hydrogen-bond donors (Lipinski definition) is 1. The summed E-state index contributed by atoms with van der Waals surface area (Å²) in [4.78, 5) is 20.8. The van der Waals surface area contributed by atoms with Crippen LogP contribution >= 0.6 is 0 Å². The van der Waals surface area contributed by atoms with E-state index >= 15 is 0 Å². The molecule has 1 aromatic rings. The molecule has 0 aliphatic carbocycles. The molecule has 0 bridgehead atoms. The molecule has 0 aliphatic heterocycles. The monoisotopic (exact) mass is 224 g/mol. The number of hydrogen-bond acceptors (Lipinski definition) is 3. The molecule has 0 aromatic heterocycles. The lowest BCUT2D eigenvalue weighted by Gasteiger charge is -2.02. The molecule has 0 fully saturated rings. The maximum absolute atomic E-state index is 13.3. The number of esters is 1. The maximum Gasteiger partial charge on any atom is 0.328 e. The van der Waals surface area contributed by atoms with Crippen LogP contribution in [0.15, 0.2) is 24.3 Å².